The summed E-state index contributed by atoms with van der Waals surface area (Å²) in [5.41, 5.74) is 1.20. The van der Waals surface area contributed by atoms with Gasteiger partial charge in [-0.2, -0.15) is 0 Å². The van der Waals surface area contributed by atoms with E-state index in [0.29, 0.717) is 12.4 Å². The van der Waals surface area contributed by atoms with Crippen LogP contribution in [0.5, 0.6) is 5.75 Å². The van der Waals surface area contributed by atoms with E-state index in [9.17, 15) is 14.9 Å². The topological polar surface area (TPSA) is 94.4 Å². The molecule has 0 atom stereocenters. The molecule has 0 saturated heterocycles. The van der Waals surface area contributed by atoms with Crippen LogP contribution in [-0.2, 0) is 6.61 Å². The quantitative estimate of drug-likeness (QED) is 0.539. The van der Waals surface area contributed by atoms with Crippen LogP contribution in [0.4, 0.5) is 11.5 Å². The Hall–Kier alpha value is -3.74. The van der Waals surface area contributed by atoms with Gasteiger partial charge >= 0.3 is 0 Å². The molecule has 1 N–H and O–H groups in total. The van der Waals surface area contributed by atoms with Crippen LogP contribution in [0.3, 0.4) is 0 Å². The van der Waals surface area contributed by atoms with Crippen molar-refractivity contribution in [1.82, 2.24) is 4.98 Å². The number of anilines is 1. The van der Waals surface area contributed by atoms with Gasteiger partial charge in [0.25, 0.3) is 11.6 Å². The molecule has 1 aromatic heterocycles. The number of hydrogen-bond acceptors (Lipinski definition) is 5. The van der Waals surface area contributed by atoms with E-state index in [-0.39, 0.29) is 17.1 Å². The summed E-state index contributed by atoms with van der Waals surface area (Å²) < 4.78 is 5.74. The fourth-order valence-electron chi connectivity index (χ4n) is 2.25. The summed E-state index contributed by atoms with van der Waals surface area (Å²) in [5.74, 6) is 0.293. The second kappa shape index (κ2) is 7.89. The lowest BCUT2D eigenvalue weighted by Gasteiger charge is -2.11. The molecule has 2 aromatic carbocycles. The molecular weight excluding hydrogens is 334 g/mol. The number of ether oxygens (including phenoxy) is 1. The lowest BCUT2D eigenvalue weighted by atomic mass is 10.2. The van der Waals surface area contributed by atoms with Gasteiger partial charge in [0.05, 0.1) is 4.92 Å². The number of hydrogen-bond donors (Lipinski definition) is 1. The molecule has 1 heterocycles. The summed E-state index contributed by atoms with van der Waals surface area (Å²) >= 11 is 0. The zero-order chi connectivity index (χ0) is 18.4. The second-order valence-electron chi connectivity index (χ2n) is 5.38. The molecule has 0 aliphatic heterocycles. The number of non-ortho nitro benzene ring substituents is 1. The summed E-state index contributed by atoms with van der Waals surface area (Å²) in [5, 5.41) is 13.4. The van der Waals surface area contributed by atoms with Crippen molar-refractivity contribution in [2.75, 3.05) is 5.32 Å². The number of nitrogens with zero attached hydrogens (tertiary/aromatic N) is 2. The van der Waals surface area contributed by atoms with E-state index in [1.807, 2.05) is 30.3 Å². The summed E-state index contributed by atoms with van der Waals surface area (Å²) in [6.07, 6.45) is 1.54. The first-order valence-corrected chi connectivity index (χ1v) is 7.81. The minimum atomic E-state index is -0.518. The van der Waals surface area contributed by atoms with E-state index in [1.165, 1.54) is 24.3 Å². The number of pyridine rings is 1. The maximum absolute atomic E-state index is 12.3. The molecule has 0 aliphatic rings. The molecule has 3 rings (SSSR count). The highest BCUT2D eigenvalue weighted by molar-refractivity contribution is 6.04. The zero-order valence-corrected chi connectivity index (χ0v) is 13.7. The first-order chi connectivity index (χ1) is 12.6. The SMILES string of the molecule is O=C(Nc1ncccc1OCc1ccccc1)c1ccc([N+](=O)[O-])cc1. The van der Waals surface area contributed by atoms with Gasteiger partial charge in [-0.1, -0.05) is 30.3 Å². The Bertz CT molecular complexity index is 912. The second-order valence-corrected chi connectivity index (χ2v) is 5.38. The first kappa shape index (κ1) is 17.1. The van der Waals surface area contributed by atoms with Crippen molar-refractivity contribution in [3.63, 3.8) is 0 Å². The third-order valence-corrected chi connectivity index (χ3v) is 3.58. The van der Waals surface area contributed by atoms with Crippen molar-refractivity contribution in [1.29, 1.82) is 0 Å². The number of nitro benzene ring substituents is 1. The largest absolute Gasteiger partial charge is 0.485 e. The molecule has 7 nitrogen and oxygen atoms in total. The lowest BCUT2D eigenvalue weighted by molar-refractivity contribution is -0.384. The average molecular weight is 349 g/mol. The molecule has 130 valence electrons. The van der Waals surface area contributed by atoms with E-state index in [4.69, 9.17) is 4.74 Å². The van der Waals surface area contributed by atoms with Gasteiger partial charge in [-0.3, -0.25) is 14.9 Å². The van der Waals surface area contributed by atoms with Crippen molar-refractivity contribution in [3.8, 4) is 5.75 Å². The predicted molar refractivity (Wildman–Crippen MR) is 96.1 cm³/mol. The van der Waals surface area contributed by atoms with Crippen molar-refractivity contribution >= 4 is 17.4 Å². The number of nitrogens with one attached hydrogen (secondary N) is 1. The van der Waals surface area contributed by atoms with E-state index >= 15 is 0 Å². The number of nitro groups is 1. The number of benzene rings is 2. The van der Waals surface area contributed by atoms with Crippen molar-refractivity contribution < 1.29 is 14.5 Å². The molecule has 7 heteroatoms. The van der Waals surface area contributed by atoms with Gasteiger partial charge in [-0.05, 0) is 29.8 Å². The molecule has 1 amide bonds. The fourth-order valence-corrected chi connectivity index (χ4v) is 2.25. The first-order valence-electron chi connectivity index (χ1n) is 7.81. The van der Waals surface area contributed by atoms with Crippen LogP contribution in [0.2, 0.25) is 0 Å². The number of carbonyl (C=O) groups excluding carboxylic acids is 1. The van der Waals surface area contributed by atoms with Crippen molar-refractivity contribution in [2.24, 2.45) is 0 Å². The monoisotopic (exact) mass is 349 g/mol. The maximum atomic E-state index is 12.3. The molecule has 26 heavy (non-hydrogen) atoms. The average Bonchev–Trinajstić information content (AvgIpc) is 2.68. The van der Waals surface area contributed by atoms with Gasteiger partial charge in [-0.15, -0.1) is 0 Å². The molecule has 0 bridgehead atoms. The number of carbonyl (C=O) groups is 1. The Morgan fingerprint density at radius 2 is 1.77 bits per heavy atom. The number of rotatable bonds is 6. The summed E-state index contributed by atoms with van der Waals surface area (Å²) in [7, 11) is 0. The van der Waals surface area contributed by atoms with Gasteiger partial charge in [0.15, 0.2) is 11.6 Å². The minimum Gasteiger partial charge on any atom is -0.485 e. The van der Waals surface area contributed by atoms with Crippen LogP contribution in [0, 0.1) is 10.1 Å². The molecule has 0 spiro atoms. The van der Waals surface area contributed by atoms with Crippen molar-refractivity contribution in [3.05, 3.63) is 94.2 Å². The Morgan fingerprint density at radius 3 is 2.46 bits per heavy atom. The molecule has 3 aromatic rings. The highest BCUT2D eigenvalue weighted by Crippen LogP contribution is 2.23. The van der Waals surface area contributed by atoms with Crippen LogP contribution >= 0.6 is 0 Å². The third-order valence-electron chi connectivity index (χ3n) is 3.58. The molecule has 0 radical (unpaired) electrons. The van der Waals surface area contributed by atoms with Crippen LogP contribution < -0.4 is 10.1 Å². The normalized spacial score (nSPS) is 10.2. The third kappa shape index (κ3) is 4.21. The van der Waals surface area contributed by atoms with Crippen LogP contribution in [0.25, 0.3) is 0 Å². The fraction of sp³-hybridized carbons (Fsp3) is 0.0526. The molecule has 0 aliphatic carbocycles. The zero-order valence-electron chi connectivity index (χ0n) is 13.7. The van der Waals surface area contributed by atoms with E-state index in [2.05, 4.69) is 10.3 Å². The summed E-state index contributed by atoms with van der Waals surface area (Å²) in [6.45, 7) is 0.340. The summed E-state index contributed by atoms with van der Waals surface area (Å²) in [4.78, 5) is 26.6. The Balaban J connectivity index is 1.71. The van der Waals surface area contributed by atoms with Gasteiger partial charge in [0.1, 0.15) is 6.61 Å². The van der Waals surface area contributed by atoms with E-state index in [1.54, 1.807) is 18.3 Å². The molecule has 0 fully saturated rings. The van der Waals surface area contributed by atoms with E-state index in [0.717, 1.165) is 5.56 Å². The number of amides is 1. The van der Waals surface area contributed by atoms with Gasteiger partial charge in [0.2, 0.25) is 0 Å². The Labute approximate surface area is 149 Å². The maximum Gasteiger partial charge on any atom is 0.269 e. The standard InChI is InChI=1S/C19H15N3O4/c23-19(15-8-10-16(11-9-15)22(24)25)21-18-17(7-4-12-20-18)26-13-14-5-2-1-3-6-14/h1-12H,13H2,(H,20,21,23). The Kier molecular flexibility index (Phi) is 5.19. The van der Waals surface area contributed by atoms with Crippen LogP contribution in [0.1, 0.15) is 15.9 Å². The number of aromatic nitrogens is 1. The van der Waals surface area contributed by atoms with Gasteiger partial charge in [0, 0.05) is 23.9 Å². The van der Waals surface area contributed by atoms with Crippen molar-refractivity contribution in [2.45, 2.75) is 6.61 Å². The van der Waals surface area contributed by atoms with E-state index < -0.39 is 10.8 Å². The van der Waals surface area contributed by atoms with Gasteiger partial charge in [-0.25, -0.2) is 4.98 Å². The smallest absolute Gasteiger partial charge is 0.269 e. The lowest BCUT2D eigenvalue weighted by Crippen LogP contribution is -2.14. The Morgan fingerprint density at radius 1 is 1.04 bits per heavy atom. The molecule has 0 saturated carbocycles. The van der Waals surface area contributed by atoms with Gasteiger partial charge < -0.3 is 10.1 Å². The molecule has 0 unspecified atom stereocenters. The predicted octanol–water partition coefficient (Wildman–Crippen LogP) is 3.82. The highest BCUT2D eigenvalue weighted by atomic mass is 16.6. The summed E-state index contributed by atoms with van der Waals surface area (Å²) in [6, 6.07) is 18.4. The minimum absolute atomic E-state index is 0.0775. The highest BCUT2D eigenvalue weighted by Gasteiger charge is 2.13. The van der Waals surface area contributed by atoms with Crippen LogP contribution in [-0.4, -0.2) is 15.8 Å². The van der Waals surface area contributed by atoms with Crippen LogP contribution in [0.15, 0.2) is 72.9 Å². The molecular formula is C19H15N3O4.